The van der Waals surface area contributed by atoms with E-state index in [0.717, 1.165) is 44.7 Å². The van der Waals surface area contributed by atoms with Crippen molar-refractivity contribution in [2.75, 3.05) is 4.90 Å². The predicted octanol–water partition coefficient (Wildman–Crippen LogP) is 11.3. The molecule has 2 aromatic heterocycles. The summed E-state index contributed by atoms with van der Waals surface area (Å²) in [6.07, 6.45) is 0. The third-order valence-electron chi connectivity index (χ3n) is 8.54. The predicted molar refractivity (Wildman–Crippen MR) is 180 cm³/mol. The third-order valence-corrected chi connectivity index (χ3v) is 8.54. The first-order valence-electron chi connectivity index (χ1n) is 14.6. The standard InChI is InChI=1S/C40H26N2O/c1-3-13-27(14-4-1)41(28-15-5-2-6-16-28)29-23-25-30(26-24-29)42-35-21-11-9-19-33(35)37-38-34-20-10-12-22-36(34)43-40(38)32-18-8-7-17-31(32)39(37)42/h1-26H. The third kappa shape index (κ3) is 3.55. The SMILES string of the molecule is c1ccc(N(c2ccccc2)c2ccc(-n3c4ccccc4c4c5c6ccccc6oc5c5ccccc5c43)cc2)cc1. The van der Waals surface area contributed by atoms with Crippen molar-refractivity contribution in [1.82, 2.24) is 4.57 Å². The summed E-state index contributed by atoms with van der Waals surface area (Å²) in [5, 5.41) is 7.08. The van der Waals surface area contributed by atoms with Crippen LogP contribution in [0.5, 0.6) is 0 Å². The molecule has 9 rings (SSSR count). The van der Waals surface area contributed by atoms with Crippen LogP contribution in [0.15, 0.2) is 162 Å². The van der Waals surface area contributed by atoms with Crippen molar-refractivity contribution < 1.29 is 4.42 Å². The molecule has 0 radical (unpaired) electrons. The number of para-hydroxylation sites is 4. The summed E-state index contributed by atoms with van der Waals surface area (Å²) in [6, 6.07) is 55.8. The van der Waals surface area contributed by atoms with Gasteiger partial charge >= 0.3 is 0 Å². The lowest BCUT2D eigenvalue weighted by Crippen LogP contribution is -2.09. The van der Waals surface area contributed by atoms with Crippen molar-refractivity contribution in [2.24, 2.45) is 0 Å². The highest BCUT2D eigenvalue weighted by molar-refractivity contribution is 6.35. The number of nitrogens with zero attached hydrogens (tertiary/aromatic N) is 2. The van der Waals surface area contributed by atoms with E-state index in [1.54, 1.807) is 0 Å². The van der Waals surface area contributed by atoms with Crippen LogP contribution < -0.4 is 4.90 Å². The molecule has 9 aromatic rings. The van der Waals surface area contributed by atoms with Gasteiger partial charge in [-0.25, -0.2) is 0 Å². The van der Waals surface area contributed by atoms with Gasteiger partial charge in [-0.2, -0.15) is 0 Å². The fourth-order valence-electron chi connectivity index (χ4n) is 6.74. The molecule has 3 heteroatoms. The topological polar surface area (TPSA) is 21.3 Å². The average Bonchev–Trinajstić information content (AvgIpc) is 3.63. The Morgan fingerprint density at radius 1 is 0.419 bits per heavy atom. The largest absolute Gasteiger partial charge is 0.455 e. The van der Waals surface area contributed by atoms with E-state index in [2.05, 4.69) is 161 Å². The molecule has 3 nitrogen and oxygen atoms in total. The van der Waals surface area contributed by atoms with Gasteiger partial charge in [-0.15, -0.1) is 0 Å². The number of furan rings is 1. The number of hydrogen-bond donors (Lipinski definition) is 0. The molecule has 2 heterocycles. The molecule has 0 amide bonds. The molecule has 0 spiro atoms. The molecule has 0 saturated heterocycles. The number of benzene rings is 7. The van der Waals surface area contributed by atoms with Gasteiger partial charge in [-0.3, -0.25) is 0 Å². The Morgan fingerprint density at radius 3 is 1.65 bits per heavy atom. The summed E-state index contributed by atoms with van der Waals surface area (Å²) in [4.78, 5) is 2.30. The Labute approximate surface area is 248 Å². The van der Waals surface area contributed by atoms with Gasteiger partial charge in [0.15, 0.2) is 0 Å². The van der Waals surface area contributed by atoms with E-state index in [1.807, 2.05) is 6.07 Å². The van der Waals surface area contributed by atoms with Crippen LogP contribution in [0.25, 0.3) is 60.2 Å². The zero-order valence-electron chi connectivity index (χ0n) is 23.3. The van der Waals surface area contributed by atoms with Crippen molar-refractivity contribution in [3.8, 4) is 5.69 Å². The lowest BCUT2D eigenvalue weighted by atomic mass is 9.99. The van der Waals surface area contributed by atoms with Crippen LogP contribution in [-0.2, 0) is 0 Å². The minimum Gasteiger partial charge on any atom is -0.455 e. The molecule has 7 aromatic carbocycles. The summed E-state index contributed by atoms with van der Waals surface area (Å²) in [5.41, 5.74) is 8.71. The van der Waals surface area contributed by atoms with Crippen LogP contribution in [0, 0.1) is 0 Å². The van der Waals surface area contributed by atoms with Gasteiger partial charge < -0.3 is 13.9 Å². The quantitative estimate of drug-likeness (QED) is 0.217. The van der Waals surface area contributed by atoms with E-state index in [9.17, 15) is 0 Å². The van der Waals surface area contributed by atoms with E-state index in [1.165, 1.54) is 32.6 Å². The molecule has 0 N–H and O–H groups in total. The summed E-state index contributed by atoms with van der Waals surface area (Å²) < 4.78 is 8.97. The van der Waals surface area contributed by atoms with Crippen LogP contribution in [0.3, 0.4) is 0 Å². The Kier molecular flexibility index (Phi) is 5.20. The van der Waals surface area contributed by atoms with E-state index in [4.69, 9.17) is 4.42 Å². The molecular formula is C40H26N2O. The van der Waals surface area contributed by atoms with E-state index >= 15 is 0 Å². The zero-order valence-corrected chi connectivity index (χ0v) is 23.3. The highest BCUT2D eigenvalue weighted by Crippen LogP contribution is 2.46. The van der Waals surface area contributed by atoms with Gasteiger partial charge in [0, 0.05) is 55.1 Å². The highest BCUT2D eigenvalue weighted by Gasteiger charge is 2.22. The molecule has 0 aliphatic carbocycles. The highest BCUT2D eigenvalue weighted by atomic mass is 16.3. The maximum absolute atomic E-state index is 6.55. The van der Waals surface area contributed by atoms with Crippen molar-refractivity contribution in [3.63, 3.8) is 0 Å². The molecular weight excluding hydrogens is 524 g/mol. The molecule has 202 valence electrons. The Balaban J connectivity index is 1.34. The minimum atomic E-state index is 0.915. The van der Waals surface area contributed by atoms with Crippen molar-refractivity contribution in [1.29, 1.82) is 0 Å². The first kappa shape index (κ1) is 23.9. The number of hydrogen-bond acceptors (Lipinski definition) is 2. The lowest BCUT2D eigenvalue weighted by molar-refractivity contribution is 0.673. The monoisotopic (exact) mass is 550 g/mol. The van der Waals surface area contributed by atoms with Crippen molar-refractivity contribution in [3.05, 3.63) is 158 Å². The lowest BCUT2D eigenvalue weighted by Gasteiger charge is -2.25. The molecule has 0 aliphatic heterocycles. The molecule has 0 atom stereocenters. The second-order valence-corrected chi connectivity index (χ2v) is 10.9. The first-order chi connectivity index (χ1) is 21.4. The number of aromatic nitrogens is 1. The fourth-order valence-corrected chi connectivity index (χ4v) is 6.74. The summed E-state index contributed by atoms with van der Waals surface area (Å²) in [5.74, 6) is 0. The van der Waals surface area contributed by atoms with Crippen LogP contribution in [0.1, 0.15) is 0 Å². The van der Waals surface area contributed by atoms with E-state index in [0.29, 0.717) is 0 Å². The molecule has 0 aliphatic rings. The first-order valence-corrected chi connectivity index (χ1v) is 14.6. The molecule has 0 fully saturated rings. The van der Waals surface area contributed by atoms with Gasteiger partial charge in [0.2, 0.25) is 0 Å². The maximum atomic E-state index is 6.55. The molecule has 0 saturated carbocycles. The van der Waals surface area contributed by atoms with Crippen molar-refractivity contribution >= 4 is 71.6 Å². The maximum Gasteiger partial charge on any atom is 0.144 e. The van der Waals surface area contributed by atoms with Gasteiger partial charge in [0.1, 0.15) is 11.2 Å². The molecule has 0 bridgehead atoms. The van der Waals surface area contributed by atoms with Crippen LogP contribution in [-0.4, -0.2) is 4.57 Å². The average molecular weight is 551 g/mol. The Morgan fingerprint density at radius 2 is 0.953 bits per heavy atom. The van der Waals surface area contributed by atoms with E-state index in [-0.39, 0.29) is 0 Å². The fraction of sp³-hybridized carbons (Fsp3) is 0. The normalized spacial score (nSPS) is 11.7. The van der Waals surface area contributed by atoms with Crippen LogP contribution >= 0.6 is 0 Å². The second-order valence-electron chi connectivity index (χ2n) is 10.9. The van der Waals surface area contributed by atoms with Crippen molar-refractivity contribution in [2.45, 2.75) is 0 Å². The summed E-state index contributed by atoms with van der Waals surface area (Å²) >= 11 is 0. The summed E-state index contributed by atoms with van der Waals surface area (Å²) in [7, 11) is 0. The van der Waals surface area contributed by atoms with Crippen LogP contribution in [0.2, 0.25) is 0 Å². The Hall–Kier alpha value is -5.80. The van der Waals surface area contributed by atoms with Gasteiger partial charge in [0.05, 0.1) is 11.0 Å². The molecule has 43 heavy (non-hydrogen) atoms. The zero-order chi connectivity index (χ0) is 28.3. The van der Waals surface area contributed by atoms with Gasteiger partial charge in [-0.1, -0.05) is 97.1 Å². The second kappa shape index (κ2) is 9.37. The van der Waals surface area contributed by atoms with Gasteiger partial charge in [-0.05, 0) is 60.7 Å². The number of anilines is 3. The smallest absolute Gasteiger partial charge is 0.144 e. The number of fused-ring (bicyclic) bond motifs is 10. The van der Waals surface area contributed by atoms with Gasteiger partial charge in [0.25, 0.3) is 0 Å². The van der Waals surface area contributed by atoms with E-state index < -0.39 is 0 Å². The Bertz CT molecular complexity index is 2400. The number of rotatable bonds is 4. The van der Waals surface area contributed by atoms with Crippen LogP contribution in [0.4, 0.5) is 17.1 Å². The molecule has 0 unspecified atom stereocenters. The minimum absolute atomic E-state index is 0.915. The summed E-state index contributed by atoms with van der Waals surface area (Å²) in [6.45, 7) is 0.